The number of hydrogen-bond acceptors (Lipinski definition) is 5. The Kier molecular flexibility index (Phi) is 2.61. The molecule has 0 amide bonds. The predicted molar refractivity (Wildman–Crippen MR) is 85.3 cm³/mol. The lowest BCUT2D eigenvalue weighted by atomic mass is 9.59. The number of esters is 1. The van der Waals surface area contributed by atoms with Crippen molar-refractivity contribution in [2.45, 2.75) is 62.8 Å². The molecule has 3 N–H and O–H groups in total. The smallest absolute Gasteiger partial charge is 0.312 e. The lowest BCUT2D eigenvalue weighted by Gasteiger charge is -2.46. The molecule has 4 bridgehead atoms. The van der Waals surface area contributed by atoms with Crippen molar-refractivity contribution in [3.63, 3.8) is 0 Å². The number of aliphatic carboxylic acids is 1. The van der Waals surface area contributed by atoms with Gasteiger partial charge in [-0.25, -0.2) is 0 Å². The van der Waals surface area contributed by atoms with Gasteiger partial charge in [-0.3, -0.25) is 9.59 Å². The van der Waals surface area contributed by atoms with Crippen molar-refractivity contribution in [1.82, 2.24) is 0 Å². The maximum atomic E-state index is 12.7. The summed E-state index contributed by atoms with van der Waals surface area (Å²) in [6.07, 6.45) is 1.85. The maximum Gasteiger partial charge on any atom is 0.312 e. The highest BCUT2D eigenvalue weighted by Crippen LogP contribution is 2.78. The molecular formula is C19H24O6. The van der Waals surface area contributed by atoms with E-state index in [1.807, 2.05) is 0 Å². The number of fused-ring (bicyclic) bond motifs is 1. The number of aliphatic hydroxyl groups is 2. The molecular weight excluding hydrogens is 324 g/mol. The minimum atomic E-state index is -1.00. The first-order valence-corrected chi connectivity index (χ1v) is 9.14. The molecule has 1 saturated heterocycles. The number of carbonyl (C=O) groups excluding carboxylic acids is 1. The zero-order chi connectivity index (χ0) is 18.0. The van der Waals surface area contributed by atoms with Crippen LogP contribution in [0.2, 0.25) is 0 Å². The van der Waals surface area contributed by atoms with E-state index in [1.54, 1.807) is 6.92 Å². The van der Waals surface area contributed by atoms with Crippen LogP contribution in [0.4, 0.5) is 0 Å². The van der Waals surface area contributed by atoms with E-state index in [2.05, 4.69) is 6.58 Å². The summed E-state index contributed by atoms with van der Waals surface area (Å²) in [4.78, 5) is 25.1. The molecule has 5 aliphatic rings. The van der Waals surface area contributed by atoms with Gasteiger partial charge in [0.25, 0.3) is 0 Å². The fraction of sp³-hybridized carbons (Fsp3) is 0.789. The first-order chi connectivity index (χ1) is 11.6. The molecule has 1 heterocycles. The quantitative estimate of drug-likeness (QED) is 0.487. The van der Waals surface area contributed by atoms with Crippen LogP contribution in [0.1, 0.15) is 45.4 Å². The molecule has 25 heavy (non-hydrogen) atoms. The second-order valence-electron chi connectivity index (χ2n) is 9.43. The van der Waals surface area contributed by atoms with Crippen LogP contribution in [0.25, 0.3) is 0 Å². The van der Waals surface area contributed by atoms with E-state index in [1.165, 1.54) is 0 Å². The van der Waals surface area contributed by atoms with E-state index in [-0.39, 0.29) is 18.3 Å². The molecule has 5 fully saturated rings. The third kappa shape index (κ3) is 1.48. The van der Waals surface area contributed by atoms with Gasteiger partial charge in [-0.05, 0) is 50.0 Å². The molecule has 1 aliphatic heterocycles. The van der Waals surface area contributed by atoms with Crippen LogP contribution >= 0.6 is 0 Å². The Bertz CT molecular complexity index is 731. The average molecular weight is 348 g/mol. The Hall–Kier alpha value is -1.40. The Morgan fingerprint density at radius 3 is 2.76 bits per heavy atom. The van der Waals surface area contributed by atoms with Crippen molar-refractivity contribution in [1.29, 1.82) is 0 Å². The van der Waals surface area contributed by atoms with Crippen LogP contribution in [0.3, 0.4) is 0 Å². The van der Waals surface area contributed by atoms with Gasteiger partial charge in [-0.2, -0.15) is 0 Å². The predicted octanol–water partition coefficient (Wildman–Crippen LogP) is 1.25. The van der Waals surface area contributed by atoms with E-state index >= 15 is 0 Å². The highest BCUT2D eigenvalue weighted by molar-refractivity contribution is 5.84. The van der Waals surface area contributed by atoms with Gasteiger partial charge in [0.15, 0.2) is 0 Å². The average Bonchev–Trinajstić information content (AvgIpc) is 2.88. The summed E-state index contributed by atoms with van der Waals surface area (Å²) in [5, 5.41) is 31.6. The van der Waals surface area contributed by atoms with Crippen LogP contribution in [-0.4, -0.2) is 44.6 Å². The highest BCUT2D eigenvalue weighted by Gasteiger charge is 2.83. The van der Waals surface area contributed by atoms with Crippen molar-refractivity contribution in [2.24, 2.45) is 28.6 Å². The van der Waals surface area contributed by atoms with Gasteiger partial charge in [0.1, 0.15) is 5.60 Å². The first kappa shape index (κ1) is 15.8. The van der Waals surface area contributed by atoms with Gasteiger partial charge in [0, 0.05) is 18.3 Å². The summed E-state index contributed by atoms with van der Waals surface area (Å²) in [6.45, 7) is 5.80. The molecule has 136 valence electrons. The number of carbonyl (C=O) groups is 2. The van der Waals surface area contributed by atoms with Gasteiger partial charge in [-0.15, -0.1) is 0 Å². The first-order valence-electron chi connectivity index (χ1n) is 9.14. The van der Waals surface area contributed by atoms with Crippen LogP contribution < -0.4 is 0 Å². The standard InChI is InChI=1S/C19H24O6/c1-9-5-17-8-18(9,24)4-3-11(17)19-7-10(20)6-16(2,15(23)25-19)13(19)12(17)14(21)22/h10-13,20,24H,1,3-8H2,2H3,(H,21,22)/t10-,11+,12+,13+,16+,17-,18-,19+/m0/s1. The van der Waals surface area contributed by atoms with E-state index in [0.29, 0.717) is 37.7 Å². The molecule has 0 radical (unpaired) electrons. The monoisotopic (exact) mass is 348 g/mol. The van der Waals surface area contributed by atoms with Crippen molar-refractivity contribution >= 4 is 11.9 Å². The SMILES string of the molecule is C=C1C[C@]23C[C@@]1(O)CC[C@H]2[C@@]12C[C@@H](O)C[C@@](C)(C(=O)O1)[C@H]2[C@@H]3C(=O)O. The maximum absolute atomic E-state index is 12.7. The molecule has 4 aliphatic carbocycles. The lowest BCUT2D eigenvalue weighted by Crippen LogP contribution is -2.51. The summed E-state index contributed by atoms with van der Waals surface area (Å²) in [7, 11) is 0. The van der Waals surface area contributed by atoms with E-state index in [4.69, 9.17) is 4.74 Å². The third-order valence-electron chi connectivity index (χ3n) is 8.35. The van der Waals surface area contributed by atoms with Gasteiger partial charge in [0.2, 0.25) is 0 Å². The zero-order valence-electron chi connectivity index (χ0n) is 14.3. The second-order valence-corrected chi connectivity index (χ2v) is 9.43. The molecule has 0 aromatic heterocycles. The van der Waals surface area contributed by atoms with Crippen molar-refractivity contribution in [2.75, 3.05) is 0 Å². The number of carboxylic acids is 1. The third-order valence-corrected chi connectivity index (χ3v) is 8.35. The molecule has 6 nitrogen and oxygen atoms in total. The van der Waals surface area contributed by atoms with E-state index < -0.39 is 45.9 Å². The van der Waals surface area contributed by atoms with Gasteiger partial charge in [0.05, 0.1) is 23.0 Å². The molecule has 1 spiro atoms. The highest BCUT2D eigenvalue weighted by atomic mass is 16.6. The largest absolute Gasteiger partial charge is 0.481 e. The van der Waals surface area contributed by atoms with E-state index in [9.17, 15) is 24.9 Å². The van der Waals surface area contributed by atoms with Crippen molar-refractivity contribution in [3.05, 3.63) is 12.2 Å². The molecule has 6 heteroatoms. The number of ether oxygens (including phenoxy) is 1. The number of aliphatic hydroxyl groups excluding tert-OH is 1. The Morgan fingerprint density at radius 1 is 1.36 bits per heavy atom. The fourth-order valence-corrected chi connectivity index (χ4v) is 7.77. The molecule has 0 unspecified atom stereocenters. The number of rotatable bonds is 1. The minimum absolute atomic E-state index is 0.147. The van der Waals surface area contributed by atoms with Gasteiger partial charge >= 0.3 is 11.9 Å². The normalized spacial score (nSPS) is 58.7. The molecule has 8 atom stereocenters. The summed E-state index contributed by atoms with van der Waals surface area (Å²) in [6, 6.07) is 0. The van der Waals surface area contributed by atoms with Crippen molar-refractivity contribution in [3.8, 4) is 0 Å². The van der Waals surface area contributed by atoms with Crippen LogP contribution in [0.5, 0.6) is 0 Å². The zero-order valence-corrected chi connectivity index (χ0v) is 14.3. The summed E-state index contributed by atoms with van der Waals surface area (Å²) in [5.41, 5.74) is -2.82. The van der Waals surface area contributed by atoms with Crippen LogP contribution in [0, 0.1) is 28.6 Å². The Labute approximate surface area is 145 Å². The topological polar surface area (TPSA) is 104 Å². The van der Waals surface area contributed by atoms with Crippen LogP contribution in [-0.2, 0) is 14.3 Å². The summed E-state index contributed by atoms with van der Waals surface area (Å²) in [5.74, 6) is -2.64. The molecule has 5 rings (SSSR count). The fourth-order valence-electron chi connectivity index (χ4n) is 7.77. The molecule has 0 aromatic carbocycles. The van der Waals surface area contributed by atoms with Gasteiger partial charge in [-0.1, -0.05) is 6.58 Å². The van der Waals surface area contributed by atoms with E-state index in [0.717, 1.165) is 0 Å². The molecule has 4 saturated carbocycles. The summed E-state index contributed by atoms with van der Waals surface area (Å²) < 4.78 is 5.96. The summed E-state index contributed by atoms with van der Waals surface area (Å²) >= 11 is 0. The molecule has 0 aromatic rings. The lowest BCUT2D eigenvalue weighted by molar-refractivity contribution is -0.163. The van der Waals surface area contributed by atoms with Crippen molar-refractivity contribution < 1.29 is 29.6 Å². The second kappa shape index (κ2) is 4.12. The van der Waals surface area contributed by atoms with Gasteiger partial charge < -0.3 is 20.1 Å². The minimum Gasteiger partial charge on any atom is -0.481 e. The Balaban J connectivity index is 1.76. The number of carboxylic acid groups (broad SMARTS) is 1. The van der Waals surface area contributed by atoms with Crippen LogP contribution in [0.15, 0.2) is 12.2 Å². The number of hydrogen-bond donors (Lipinski definition) is 3. The Morgan fingerprint density at radius 2 is 2.08 bits per heavy atom.